The van der Waals surface area contributed by atoms with E-state index >= 15 is 0 Å². The standard InChI is InChI=1S/C8H12N4O2/c1-5-2-11-8(14)12(3-5)4-6(9)7(10)13/h2-3,6H,4,9H2,1H3,(H2,10,13). The Bertz CT molecular complexity index is 399. The van der Waals surface area contributed by atoms with Gasteiger partial charge in [-0.1, -0.05) is 0 Å². The lowest BCUT2D eigenvalue weighted by molar-refractivity contribution is -0.119. The summed E-state index contributed by atoms with van der Waals surface area (Å²) in [7, 11) is 0. The highest BCUT2D eigenvalue weighted by Gasteiger charge is 2.10. The highest BCUT2D eigenvalue weighted by atomic mass is 16.2. The van der Waals surface area contributed by atoms with Gasteiger partial charge in [-0.2, -0.15) is 0 Å². The average molecular weight is 196 g/mol. The van der Waals surface area contributed by atoms with Crippen molar-refractivity contribution in [2.75, 3.05) is 0 Å². The third kappa shape index (κ3) is 2.40. The van der Waals surface area contributed by atoms with Crippen LogP contribution in [0.1, 0.15) is 5.56 Å². The molecule has 1 aromatic heterocycles. The van der Waals surface area contributed by atoms with Crippen LogP contribution in [0.3, 0.4) is 0 Å². The number of amides is 1. The van der Waals surface area contributed by atoms with Crippen molar-refractivity contribution in [2.24, 2.45) is 11.5 Å². The van der Waals surface area contributed by atoms with Gasteiger partial charge in [0.2, 0.25) is 5.91 Å². The zero-order valence-corrected chi connectivity index (χ0v) is 7.80. The lowest BCUT2D eigenvalue weighted by Gasteiger charge is -2.09. The third-order valence-electron chi connectivity index (χ3n) is 1.74. The van der Waals surface area contributed by atoms with Crippen molar-refractivity contribution < 1.29 is 4.79 Å². The molecular formula is C8H12N4O2. The highest BCUT2D eigenvalue weighted by Crippen LogP contribution is 1.91. The van der Waals surface area contributed by atoms with Crippen LogP contribution in [0.2, 0.25) is 0 Å². The molecule has 0 radical (unpaired) electrons. The van der Waals surface area contributed by atoms with Gasteiger partial charge in [-0.15, -0.1) is 0 Å². The fourth-order valence-electron chi connectivity index (χ4n) is 0.998. The lowest BCUT2D eigenvalue weighted by Crippen LogP contribution is -2.42. The van der Waals surface area contributed by atoms with E-state index in [0.29, 0.717) is 0 Å². The zero-order valence-electron chi connectivity index (χ0n) is 7.80. The summed E-state index contributed by atoms with van der Waals surface area (Å²) in [4.78, 5) is 25.4. The van der Waals surface area contributed by atoms with Gasteiger partial charge in [-0.25, -0.2) is 9.78 Å². The Morgan fingerprint density at radius 1 is 1.71 bits per heavy atom. The molecule has 0 bridgehead atoms. The van der Waals surface area contributed by atoms with Gasteiger partial charge in [0.05, 0.1) is 6.54 Å². The predicted octanol–water partition coefficient (Wildman–Crippen LogP) is -1.64. The van der Waals surface area contributed by atoms with Crippen LogP contribution in [0.15, 0.2) is 17.2 Å². The molecule has 1 aromatic rings. The first-order valence-corrected chi connectivity index (χ1v) is 4.08. The summed E-state index contributed by atoms with van der Waals surface area (Å²) in [5.74, 6) is -0.640. The monoisotopic (exact) mass is 196 g/mol. The number of aryl methyl sites for hydroxylation is 1. The van der Waals surface area contributed by atoms with Crippen LogP contribution in [-0.2, 0) is 11.3 Å². The number of nitrogens with two attached hydrogens (primary N) is 2. The van der Waals surface area contributed by atoms with Gasteiger partial charge < -0.3 is 11.5 Å². The quantitative estimate of drug-likeness (QED) is 0.605. The predicted molar refractivity (Wildman–Crippen MR) is 50.4 cm³/mol. The maximum atomic E-state index is 11.2. The third-order valence-corrected chi connectivity index (χ3v) is 1.74. The van der Waals surface area contributed by atoms with Crippen molar-refractivity contribution in [3.05, 3.63) is 28.4 Å². The molecule has 0 aliphatic carbocycles. The first-order valence-electron chi connectivity index (χ1n) is 4.08. The summed E-state index contributed by atoms with van der Waals surface area (Å²) in [5.41, 5.74) is 10.8. The maximum absolute atomic E-state index is 11.2. The SMILES string of the molecule is Cc1cnc(=O)n(CC(N)C(N)=O)c1. The number of carbonyl (C=O) groups is 1. The van der Waals surface area contributed by atoms with E-state index in [2.05, 4.69) is 4.98 Å². The minimum atomic E-state index is -0.865. The molecule has 0 spiro atoms. The van der Waals surface area contributed by atoms with Gasteiger partial charge in [-0.3, -0.25) is 9.36 Å². The van der Waals surface area contributed by atoms with E-state index in [4.69, 9.17) is 11.5 Å². The van der Waals surface area contributed by atoms with Crippen molar-refractivity contribution in [3.8, 4) is 0 Å². The molecule has 0 saturated heterocycles. The molecule has 1 heterocycles. The number of nitrogens with zero attached hydrogens (tertiary/aromatic N) is 2. The summed E-state index contributed by atoms with van der Waals surface area (Å²) in [6.45, 7) is 1.85. The van der Waals surface area contributed by atoms with Gasteiger partial charge in [0.25, 0.3) is 0 Å². The smallest absolute Gasteiger partial charge is 0.347 e. The zero-order chi connectivity index (χ0) is 10.7. The number of aromatic nitrogens is 2. The Balaban J connectivity index is 2.91. The molecule has 4 N–H and O–H groups in total. The van der Waals surface area contributed by atoms with Gasteiger partial charge in [-0.05, 0) is 12.5 Å². The lowest BCUT2D eigenvalue weighted by atomic mass is 10.3. The van der Waals surface area contributed by atoms with E-state index in [1.165, 1.54) is 10.8 Å². The van der Waals surface area contributed by atoms with Gasteiger partial charge in [0.15, 0.2) is 0 Å². The second kappa shape index (κ2) is 4.01. The van der Waals surface area contributed by atoms with Crippen LogP contribution >= 0.6 is 0 Å². The fraction of sp³-hybridized carbons (Fsp3) is 0.375. The Labute approximate surface area is 80.5 Å². The number of rotatable bonds is 3. The van der Waals surface area contributed by atoms with Crippen LogP contribution in [-0.4, -0.2) is 21.5 Å². The molecule has 6 nitrogen and oxygen atoms in total. The average Bonchev–Trinajstić information content (AvgIpc) is 2.11. The number of carbonyl (C=O) groups excluding carboxylic acids is 1. The van der Waals surface area contributed by atoms with Crippen LogP contribution in [0.4, 0.5) is 0 Å². The molecule has 1 unspecified atom stereocenters. The molecule has 1 rings (SSSR count). The highest BCUT2D eigenvalue weighted by molar-refractivity contribution is 5.79. The largest absolute Gasteiger partial charge is 0.368 e. The maximum Gasteiger partial charge on any atom is 0.347 e. The Kier molecular flexibility index (Phi) is 2.98. The Hall–Kier alpha value is -1.69. The van der Waals surface area contributed by atoms with Crippen molar-refractivity contribution in [1.82, 2.24) is 9.55 Å². The summed E-state index contributed by atoms with van der Waals surface area (Å²) in [6.07, 6.45) is 3.03. The van der Waals surface area contributed by atoms with Crippen molar-refractivity contribution in [2.45, 2.75) is 19.5 Å². The molecule has 14 heavy (non-hydrogen) atoms. The van der Waals surface area contributed by atoms with Gasteiger partial charge in [0, 0.05) is 12.4 Å². The molecule has 0 saturated carbocycles. The topological polar surface area (TPSA) is 104 Å². The van der Waals surface area contributed by atoms with E-state index in [9.17, 15) is 9.59 Å². The number of hydrogen-bond acceptors (Lipinski definition) is 4. The van der Waals surface area contributed by atoms with Crippen molar-refractivity contribution in [3.63, 3.8) is 0 Å². The normalized spacial score (nSPS) is 12.4. The molecule has 1 atom stereocenters. The minimum absolute atomic E-state index is 0.0584. The molecule has 0 aromatic carbocycles. The summed E-state index contributed by atoms with van der Waals surface area (Å²) in [5, 5.41) is 0. The molecule has 76 valence electrons. The molecule has 0 fully saturated rings. The van der Waals surface area contributed by atoms with Crippen LogP contribution < -0.4 is 17.2 Å². The second-order valence-corrected chi connectivity index (χ2v) is 3.08. The van der Waals surface area contributed by atoms with Crippen LogP contribution in [0.5, 0.6) is 0 Å². The minimum Gasteiger partial charge on any atom is -0.368 e. The first-order chi connectivity index (χ1) is 6.50. The second-order valence-electron chi connectivity index (χ2n) is 3.08. The van der Waals surface area contributed by atoms with Crippen LogP contribution in [0, 0.1) is 6.92 Å². The van der Waals surface area contributed by atoms with Crippen molar-refractivity contribution in [1.29, 1.82) is 0 Å². The first kappa shape index (κ1) is 10.4. The fourth-order valence-corrected chi connectivity index (χ4v) is 0.998. The Morgan fingerprint density at radius 2 is 2.36 bits per heavy atom. The van der Waals surface area contributed by atoms with E-state index in [1.807, 2.05) is 0 Å². The van der Waals surface area contributed by atoms with Crippen LogP contribution in [0.25, 0.3) is 0 Å². The number of hydrogen-bond donors (Lipinski definition) is 2. The molecule has 0 aliphatic heterocycles. The van der Waals surface area contributed by atoms with Crippen molar-refractivity contribution >= 4 is 5.91 Å². The molecule has 0 aliphatic rings. The number of primary amides is 1. The molecule has 6 heteroatoms. The Morgan fingerprint density at radius 3 is 2.93 bits per heavy atom. The molecular weight excluding hydrogens is 184 g/mol. The van der Waals surface area contributed by atoms with E-state index in [-0.39, 0.29) is 6.54 Å². The summed E-state index contributed by atoms with van der Waals surface area (Å²) < 4.78 is 1.27. The van der Waals surface area contributed by atoms with E-state index in [1.54, 1.807) is 13.1 Å². The van der Waals surface area contributed by atoms with E-state index < -0.39 is 17.6 Å². The van der Waals surface area contributed by atoms with Gasteiger partial charge in [0.1, 0.15) is 6.04 Å². The molecule has 1 amide bonds. The summed E-state index contributed by atoms with van der Waals surface area (Å²) in [6, 6.07) is -0.865. The van der Waals surface area contributed by atoms with Gasteiger partial charge >= 0.3 is 5.69 Å². The van der Waals surface area contributed by atoms with E-state index in [0.717, 1.165) is 5.56 Å². The summed E-state index contributed by atoms with van der Waals surface area (Å²) >= 11 is 0.